The number of rotatable bonds is 7. The van der Waals surface area contributed by atoms with Gasteiger partial charge in [0, 0.05) is 17.0 Å². The molecule has 1 aromatic heterocycles. The van der Waals surface area contributed by atoms with Crippen LogP contribution in [0.2, 0.25) is 0 Å². The molecule has 1 heterocycles. The van der Waals surface area contributed by atoms with Crippen molar-refractivity contribution >= 4 is 28.4 Å². The van der Waals surface area contributed by atoms with Gasteiger partial charge in [-0.25, -0.2) is 0 Å². The third kappa shape index (κ3) is 4.24. The minimum Gasteiger partial charge on any atom is -0.345 e. The summed E-state index contributed by atoms with van der Waals surface area (Å²) in [5, 5.41) is 14.6. The summed E-state index contributed by atoms with van der Waals surface area (Å²) in [4.78, 5) is 12.9. The Labute approximate surface area is 180 Å². The largest absolute Gasteiger partial charge is 0.345 e. The Morgan fingerprint density at radius 1 is 1.03 bits per heavy atom. The molecule has 30 heavy (non-hydrogen) atoms. The number of nitrogens with one attached hydrogen (secondary N) is 1. The highest BCUT2D eigenvalue weighted by molar-refractivity contribution is 7.99. The van der Waals surface area contributed by atoms with Gasteiger partial charge in [-0.15, -0.1) is 10.2 Å². The molecule has 3 aromatic carbocycles. The summed E-state index contributed by atoms with van der Waals surface area (Å²) in [6, 6.07) is 21.9. The number of nitrogens with zero attached hydrogens (tertiary/aromatic N) is 3. The molecule has 152 valence electrons. The second-order valence-electron chi connectivity index (χ2n) is 7.13. The maximum absolute atomic E-state index is 12.9. The molecule has 0 radical (unpaired) electrons. The topological polar surface area (TPSA) is 59.8 Å². The van der Waals surface area contributed by atoms with Gasteiger partial charge in [0.05, 0.1) is 6.54 Å². The summed E-state index contributed by atoms with van der Waals surface area (Å²) in [5.41, 5.74) is 2.83. The molecule has 0 unspecified atom stereocenters. The van der Waals surface area contributed by atoms with E-state index in [0.29, 0.717) is 17.9 Å². The van der Waals surface area contributed by atoms with Crippen molar-refractivity contribution in [1.29, 1.82) is 0 Å². The van der Waals surface area contributed by atoms with Crippen LogP contribution in [0.1, 0.15) is 35.1 Å². The minimum absolute atomic E-state index is 0.117. The smallest absolute Gasteiger partial charge is 0.252 e. The van der Waals surface area contributed by atoms with Crippen molar-refractivity contribution in [2.75, 3.05) is 5.75 Å². The van der Waals surface area contributed by atoms with Crippen molar-refractivity contribution < 1.29 is 4.79 Å². The molecule has 1 N–H and O–H groups in total. The summed E-state index contributed by atoms with van der Waals surface area (Å²) < 4.78 is 2.04. The highest BCUT2D eigenvalue weighted by Crippen LogP contribution is 2.24. The van der Waals surface area contributed by atoms with Gasteiger partial charge in [-0.05, 0) is 47.9 Å². The van der Waals surface area contributed by atoms with Gasteiger partial charge in [-0.2, -0.15) is 0 Å². The van der Waals surface area contributed by atoms with Crippen LogP contribution in [-0.4, -0.2) is 26.4 Å². The highest BCUT2D eigenvalue weighted by atomic mass is 32.2. The lowest BCUT2D eigenvalue weighted by Gasteiger charge is -2.12. The second-order valence-corrected chi connectivity index (χ2v) is 8.19. The van der Waals surface area contributed by atoms with Gasteiger partial charge in [0.15, 0.2) is 11.0 Å². The van der Waals surface area contributed by atoms with Crippen molar-refractivity contribution in [3.05, 3.63) is 83.7 Å². The van der Waals surface area contributed by atoms with Crippen LogP contribution < -0.4 is 5.32 Å². The lowest BCUT2D eigenvalue weighted by molar-refractivity contribution is 0.0951. The Morgan fingerprint density at radius 3 is 2.67 bits per heavy atom. The summed E-state index contributed by atoms with van der Waals surface area (Å²) in [7, 11) is 0. The Hall–Kier alpha value is -3.12. The first-order valence-electron chi connectivity index (χ1n) is 10.1. The summed E-state index contributed by atoms with van der Waals surface area (Å²) >= 11 is 1.68. The van der Waals surface area contributed by atoms with Crippen LogP contribution in [0, 0.1) is 6.92 Å². The summed E-state index contributed by atoms with van der Waals surface area (Å²) in [6.07, 6.45) is 1.05. The number of hydrogen-bond acceptors (Lipinski definition) is 4. The Morgan fingerprint density at radius 2 is 1.83 bits per heavy atom. The molecule has 6 heteroatoms. The first-order chi connectivity index (χ1) is 14.7. The van der Waals surface area contributed by atoms with E-state index in [4.69, 9.17) is 0 Å². The van der Waals surface area contributed by atoms with Crippen molar-refractivity contribution in [3.63, 3.8) is 0 Å². The highest BCUT2D eigenvalue weighted by Gasteiger charge is 2.16. The average Bonchev–Trinajstić information content (AvgIpc) is 3.18. The predicted molar refractivity (Wildman–Crippen MR) is 122 cm³/mol. The van der Waals surface area contributed by atoms with Gasteiger partial charge in [-0.1, -0.05) is 67.2 Å². The number of fused-ring (bicyclic) bond motifs is 1. The fourth-order valence-electron chi connectivity index (χ4n) is 3.41. The second kappa shape index (κ2) is 9.13. The Bertz CT molecular complexity index is 1180. The van der Waals surface area contributed by atoms with Crippen LogP contribution in [0.25, 0.3) is 16.5 Å². The van der Waals surface area contributed by atoms with Gasteiger partial charge in [-0.3, -0.25) is 9.36 Å². The molecule has 0 saturated carbocycles. The number of carbonyl (C=O) groups is 1. The molecule has 4 rings (SSSR count). The summed E-state index contributed by atoms with van der Waals surface area (Å²) in [6.45, 7) is 4.51. The van der Waals surface area contributed by atoms with E-state index in [2.05, 4.69) is 41.5 Å². The lowest BCUT2D eigenvalue weighted by atomic mass is 10.0. The first kappa shape index (κ1) is 20.2. The summed E-state index contributed by atoms with van der Waals surface area (Å²) in [5.74, 6) is 1.56. The molecule has 0 aliphatic carbocycles. The number of benzene rings is 3. The number of aromatic nitrogens is 3. The van der Waals surface area contributed by atoms with E-state index < -0.39 is 0 Å². The maximum Gasteiger partial charge on any atom is 0.252 e. The molecule has 1 amide bonds. The molecule has 0 atom stereocenters. The molecular weight excluding hydrogens is 392 g/mol. The maximum atomic E-state index is 12.9. The molecular formula is C24H24N4OS. The van der Waals surface area contributed by atoms with E-state index in [1.165, 1.54) is 5.56 Å². The van der Waals surface area contributed by atoms with E-state index in [0.717, 1.165) is 33.8 Å². The predicted octanol–water partition coefficient (Wildman–Crippen LogP) is 5.16. The zero-order chi connectivity index (χ0) is 20.9. The van der Waals surface area contributed by atoms with Crippen molar-refractivity contribution in [2.45, 2.75) is 32.0 Å². The number of thioether (sulfide) groups is 1. The Kier molecular flexibility index (Phi) is 6.14. The van der Waals surface area contributed by atoms with E-state index in [1.54, 1.807) is 11.8 Å². The van der Waals surface area contributed by atoms with E-state index in [-0.39, 0.29) is 5.91 Å². The average molecular weight is 417 g/mol. The normalized spacial score (nSPS) is 11.0. The molecule has 0 aliphatic heterocycles. The standard InChI is InChI=1S/C24H24N4OS/c1-3-14-30-24-27-26-22(28(24)19-11-6-8-17(2)15-19)16-25-23(29)21-13-7-10-18-9-4-5-12-20(18)21/h4-13,15H,3,14,16H2,1-2H3,(H,25,29). The molecule has 0 saturated heterocycles. The fourth-order valence-corrected chi connectivity index (χ4v) is 4.23. The minimum atomic E-state index is -0.117. The lowest BCUT2D eigenvalue weighted by Crippen LogP contribution is -2.25. The van der Waals surface area contributed by atoms with E-state index >= 15 is 0 Å². The van der Waals surface area contributed by atoms with E-state index in [1.807, 2.05) is 59.2 Å². The molecule has 0 fully saturated rings. The zero-order valence-corrected chi connectivity index (χ0v) is 17.9. The van der Waals surface area contributed by atoms with Gasteiger partial charge in [0.1, 0.15) is 0 Å². The fraction of sp³-hybridized carbons (Fsp3) is 0.208. The molecule has 0 spiro atoms. The molecule has 5 nitrogen and oxygen atoms in total. The van der Waals surface area contributed by atoms with Crippen molar-refractivity contribution in [3.8, 4) is 5.69 Å². The number of hydrogen-bond donors (Lipinski definition) is 1. The Balaban J connectivity index is 1.61. The number of aryl methyl sites for hydroxylation is 1. The first-order valence-corrected chi connectivity index (χ1v) is 11.1. The zero-order valence-electron chi connectivity index (χ0n) is 17.1. The van der Waals surface area contributed by atoms with E-state index in [9.17, 15) is 4.79 Å². The van der Waals surface area contributed by atoms with Crippen LogP contribution >= 0.6 is 11.8 Å². The van der Waals surface area contributed by atoms with Gasteiger partial charge < -0.3 is 5.32 Å². The SMILES string of the molecule is CCCSc1nnc(CNC(=O)c2cccc3ccccc23)n1-c1cccc(C)c1. The quantitative estimate of drug-likeness (QED) is 0.423. The van der Waals surface area contributed by atoms with Crippen LogP contribution in [-0.2, 0) is 6.54 Å². The molecule has 0 bridgehead atoms. The van der Waals surface area contributed by atoms with Crippen molar-refractivity contribution in [1.82, 2.24) is 20.1 Å². The third-order valence-electron chi connectivity index (χ3n) is 4.84. The van der Waals surface area contributed by atoms with Crippen molar-refractivity contribution in [2.24, 2.45) is 0 Å². The van der Waals surface area contributed by atoms with Gasteiger partial charge >= 0.3 is 0 Å². The van der Waals surface area contributed by atoms with Crippen LogP contribution in [0.4, 0.5) is 0 Å². The van der Waals surface area contributed by atoms with Gasteiger partial charge in [0.25, 0.3) is 5.91 Å². The van der Waals surface area contributed by atoms with Crippen LogP contribution in [0.15, 0.2) is 71.9 Å². The van der Waals surface area contributed by atoms with Crippen LogP contribution in [0.3, 0.4) is 0 Å². The van der Waals surface area contributed by atoms with Crippen LogP contribution in [0.5, 0.6) is 0 Å². The molecule has 4 aromatic rings. The third-order valence-corrected chi connectivity index (χ3v) is 5.97. The van der Waals surface area contributed by atoms with Gasteiger partial charge in [0.2, 0.25) is 0 Å². The molecule has 0 aliphatic rings. The number of amides is 1. The monoisotopic (exact) mass is 416 g/mol. The number of carbonyl (C=O) groups excluding carboxylic acids is 1.